The Kier molecular flexibility index (Phi) is 8.23. The van der Waals surface area contributed by atoms with Crippen LogP contribution >= 0.6 is 23.2 Å². The summed E-state index contributed by atoms with van der Waals surface area (Å²) < 4.78 is 5.42. The molecule has 140 valence electrons. The zero-order valence-electron chi connectivity index (χ0n) is 15.1. The van der Waals surface area contributed by atoms with E-state index in [-0.39, 0.29) is 12.5 Å². The van der Waals surface area contributed by atoms with E-state index in [0.717, 1.165) is 25.2 Å². The molecular weight excluding hydrogens is 371 g/mol. The molecule has 4 nitrogen and oxygen atoms in total. The lowest BCUT2D eigenvalue weighted by Crippen LogP contribution is -3.10. The van der Waals surface area contributed by atoms with Crippen LogP contribution in [-0.4, -0.2) is 25.6 Å². The predicted molar refractivity (Wildman–Crippen MR) is 106 cm³/mol. The highest BCUT2D eigenvalue weighted by Gasteiger charge is 2.07. The Bertz CT molecular complexity index is 716. The second kappa shape index (κ2) is 10.4. The number of hydrogen-bond acceptors (Lipinski definition) is 2. The molecule has 0 atom stereocenters. The van der Waals surface area contributed by atoms with Gasteiger partial charge >= 0.3 is 0 Å². The van der Waals surface area contributed by atoms with E-state index in [1.165, 1.54) is 5.56 Å². The van der Waals surface area contributed by atoms with Gasteiger partial charge in [-0.1, -0.05) is 47.5 Å². The Morgan fingerprint density at radius 1 is 1.04 bits per heavy atom. The number of ether oxygens (including phenoxy) is 1. The minimum Gasteiger partial charge on any atom is -0.482 e. The number of amides is 1. The van der Waals surface area contributed by atoms with Gasteiger partial charge in [-0.25, -0.2) is 0 Å². The Morgan fingerprint density at radius 2 is 1.69 bits per heavy atom. The number of quaternary nitrogens is 1. The molecule has 2 aromatic carbocycles. The molecule has 6 heteroatoms. The first-order valence-electron chi connectivity index (χ1n) is 8.77. The van der Waals surface area contributed by atoms with Gasteiger partial charge in [-0.15, -0.1) is 0 Å². The third kappa shape index (κ3) is 6.52. The fourth-order valence-electron chi connectivity index (χ4n) is 2.55. The molecular formula is C20H25Cl2N2O2+. The van der Waals surface area contributed by atoms with Crippen molar-refractivity contribution in [3.8, 4) is 5.75 Å². The molecule has 0 spiro atoms. The summed E-state index contributed by atoms with van der Waals surface area (Å²) in [6, 6.07) is 13.2. The molecule has 0 unspecified atom stereocenters. The normalized spacial score (nSPS) is 10.8. The molecule has 0 aromatic heterocycles. The zero-order chi connectivity index (χ0) is 18.9. The highest BCUT2D eigenvalue weighted by Crippen LogP contribution is 2.27. The van der Waals surface area contributed by atoms with Crippen molar-refractivity contribution >= 4 is 29.1 Å². The van der Waals surface area contributed by atoms with Crippen molar-refractivity contribution < 1.29 is 14.4 Å². The summed E-state index contributed by atoms with van der Waals surface area (Å²) >= 11 is 11.8. The maximum absolute atomic E-state index is 11.9. The summed E-state index contributed by atoms with van der Waals surface area (Å²) in [5.41, 5.74) is 2.36. The molecule has 0 radical (unpaired) electrons. The standard InChI is InChI=1S/C20H24Cl2N2O2/c1-3-24(4-2)13-16-7-5-15(6-8-16)12-23-20(25)14-26-19-10-9-17(21)11-18(19)22/h5-11H,3-4,12-14H2,1-2H3,(H,23,25)/p+1. The van der Waals surface area contributed by atoms with Gasteiger partial charge in [0.2, 0.25) is 0 Å². The summed E-state index contributed by atoms with van der Waals surface area (Å²) in [6.45, 7) is 8.02. The topological polar surface area (TPSA) is 42.8 Å². The van der Waals surface area contributed by atoms with Gasteiger partial charge in [0.05, 0.1) is 18.1 Å². The molecule has 2 N–H and O–H groups in total. The Labute approximate surface area is 165 Å². The van der Waals surface area contributed by atoms with E-state index in [9.17, 15) is 4.79 Å². The third-order valence-electron chi connectivity index (χ3n) is 4.22. The van der Waals surface area contributed by atoms with Crippen molar-refractivity contribution in [1.29, 1.82) is 0 Å². The van der Waals surface area contributed by atoms with Crippen LogP contribution in [0.2, 0.25) is 10.0 Å². The molecule has 0 saturated heterocycles. The highest BCUT2D eigenvalue weighted by molar-refractivity contribution is 6.35. The average Bonchev–Trinajstić information content (AvgIpc) is 2.64. The van der Waals surface area contributed by atoms with Crippen LogP contribution in [0.25, 0.3) is 0 Å². The Balaban J connectivity index is 1.78. The molecule has 0 aliphatic heterocycles. The van der Waals surface area contributed by atoms with Crippen LogP contribution in [0.15, 0.2) is 42.5 Å². The van der Waals surface area contributed by atoms with Crippen molar-refractivity contribution in [1.82, 2.24) is 5.32 Å². The molecule has 0 heterocycles. The smallest absolute Gasteiger partial charge is 0.258 e. The second-order valence-corrected chi connectivity index (χ2v) is 6.93. The molecule has 0 fully saturated rings. The molecule has 2 rings (SSSR count). The SMILES string of the molecule is CC[NH+](CC)Cc1ccc(CNC(=O)COc2ccc(Cl)cc2Cl)cc1. The highest BCUT2D eigenvalue weighted by atomic mass is 35.5. The van der Waals surface area contributed by atoms with Gasteiger partial charge in [0.15, 0.2) is 6.61 Å². The van der Waals surface area contributed by atoms with Crippen molar-refractivity contribution in [3.63, 3.8) is 0 Å². The largest absolute Gasteiger partial charge is 0.482 e. The van der Waals surface area contributed by atoms with Crippen molar-refractivity contribution in [2.45, 2.75) is 26.9 Å². The van der Waals surface area contributed by atoms with Crippen LogP contribution in [0, 0.1) is 0 Å². The summed E-state index contributed by atoms with van der Waals surface area (Å²) in [4.78, 5) is 13.5. The maximum Gasteiger partial charge on any atom is 0.258 e. The van der Waals surface area contributed by atoms with E-state index in [1.807, 2.05) is 0 Å². The number of carbonyl (C=O) groups is 1. The molecule has 0 aliphatic rings. The van der Waals surface area contributed by atoms with Gasteiger partial charge < -0.3 is 15.0 Å². The molecule has 0 saturated carbocycles. The van der Waals surface area contributed by atoms with E-state index < -0.39 is 0 Å². The number of carbonyl (C=O) groups excluding carboxylic acids is 1. The van der Waals surface area contributed by atoms with Gasteiger partial charge in [0.1, 0.15) is 12.3 Å². The molecule has 0 bridgehead atoms. The minimum atomic E-state index is -0.201. The fourth-order valence-corrected chi connectivity index (χ4v) is 3.01. The summed E-state index contributed by atoms with van der Waals surface area (Å²) in [5, 5.41) is 3.76. The third-order valence-corrected chi connectivity index (χ3v) is 4.75. The van der Waals surface area contributed by atoms with Crippen LogP contribution < -0.4 is 15.0 Å². The first-order valence-corrected chi connectivity index (χ1v) is 9.53. The van der Waals surface area contributed by atoms with E-state index in [2.05, 4.69) is 43.4 Å². The van der Waals surface area contributed by atoms with Crippen LogP contribution in [0.5, 0.6) is 5.75 Å². The molecule has 1 amide bonds. The zero-order valence-corrected chi connectivity index (χ0v) is 16.7. The number of benzene rings is 2. The molecule has 0 aliphatic carbocycles. The minimum absolute atomic E-state index is 0.0925. The van der Waals surface area contributed by atoms with Gasteiger partial charge in [-0.2, -0.15) is 0 Å². The average molecular weight is 396 g/mol. The van der Waals surface area contributed by atoms with Gasteiger partial charge in [0.25, 0.3) is 5.91 Å². The Hall–Kier alpha value is -1.75. The van der Waals surface area contributed by atoms with Crippen LogP contribution in [0.3, 0.4) is 0 Å². The lowest BCUT2D eigenvalue weighted by molar-refractivity contribution is -0.910. The predicted octanol–water partition coefficient (Wildman–Crippen LogP) is 3.11. The van der Waals surface area contributed by atoms with Crippen LogP contribution in [0.4, 0.5) is 0 Å². The fraction of sp³-hybridized carbons (Fsp3) is 0.350. The molecule has 26 heavy (non-hydrogen) atoms. The van der Waals surface area contributed by atoms with Crippen LogP contribution in [0.1, 0.15) is 25.0 Å². The number of hydrogen-bond donors (Lipinski definition) is 2. The second-order valence-electron chi connectivity index (χ2n) is 6.09. The molecule has 2 aromatic rings. The number of halogens is 2. The first kappa shape index (κ1) is 20.6. The lowest BCUT2D eigenvalue weighted by atomic mass is 10.1. The van der Waals surface area contributed by atoms with E-state index in [0.29, 0.717) is 22.3 Å². The van der Waals surface area contributed by atoms with Crippen LogP contribution in [-0.2, 0) is 17.9 Å². The quantitative estimate of drug-likeness (QED) is 0.684. The lowest BCUT2D eigenvalue weighted by Gasteiger charge is -2.15. The number of rotatable bonds is 9. The van der Waals surface area contributed by atoms with E-state index >= 15 is 0 Å². The van der Waals surface area contributed by atoms with E-state index in [1.54, 1.807) is 23.1 Å². The Morgan fingerprint density at radius 3 is 2.31 bits per heavy atom. The van der Waals surface area contributed by atoms with Crippen molar-refractivity contribution in [2.24, 2.45) is 0 Å². The van der Waals surface area contributed by atoms with Gasteiger partial charge in [0, 0.05) is 17.1 Å². The van der Waals surface area contributed by atoms with Gasteiger partial charge in [-0.05, 0) is 37.6 Å². The number of nitrogens with one attached hydrogen (secondary N) is 2. The first-order chi connectivity index (χ1) is 12.5. The summed E-state index contributed by atoms with van der Waals surface area (Å²) in [6.07, 6.45) is 0. The monoisotopic (exact) mass is 395 g/mol. The van der Waals surface area contributed by atoms with E-state index in [4.69, 9.17) is 27.9 Å². The maximum atomic E-state index is 11.9. The van der Waals surface area contributed by atoms with Crippen molar-refractivity contribution in [3.05, 3.63) is 63.6 Å². The summed E-state index contributed by atoms with van der Waals surface area (Å²) in [5.74, 6) is 0.238. The van der Waals surface area contributed by atoms with Gasteiger partial charge in [-0.3, -0.25) is 4.79 Å². The van der Waals surface area contributed by atoms with Crippen molar-refractivity contribution in [2.75, 3.05) is 19.7 Å². The summed E-state index contributed by atoms with van der Waals surface area (Å²) in [7, 11) is 0.